The number of carbonyl (C=O) groups is 2. The first-order valence-electron chi connectivity index (χ1n) is 17.8. The van der Waals surface area contributed by atoms with E-state index in [4.69, 9.17) is 4.74 Å². The molecule has 2 N–H and O–H groups in total. The minimum Gasteiger partial charge on any atom is -0.508 e. The van der Waals surface area contributed by atoms with Crippen molar-refractivity contribution in [2.75, 3.05) is 51.3 Å². The molecule has 0 radical (unpaired) electrons. The second kappa shape index (κ2) is 15.8. The number of morpholine rings is 1. The molecule has 5 heterocycles. The van der Waals surface area contributed by atoms with Crippen molar-refractivity contribution in [3.8, 4) is 17.0 Å². The first-order chi connectivity index (χ1) is 23.9. The fourth-order valence-electron chi connectivity index (χ4n) is 8.21. The van der Waals surface area contributed by atoms with Crippen LogP contribution in [0.4, 0.5) is 5.69 Å². The Morgan fingerprint density at radius 1 is 0.882 bits per heavy atom. The maximum atomic E-state index is 15.1. The van der Waals surface area contributed by atoms with Gasteiger partial charge >= 0.3 is 0 Å². The third kappa shape index (κ3) is 7.28. The third-order valence-electron chi connectivity index (χ3n) is 10.9. The van der Waals surface area contributed by atoms with Gasteiger partial charge in [-0.2, -0.15) is 0 Å². The average Bonchev–Trinajstić information content (AvgIpc) is 3.53. The lowest BCUT2D eigenvalue weighted by Gasteiger charge is -2.41. The van der Waals surface area contributed by atoms with Crippen LogP contribution in [0.25, 0.3) is 11.3 Å². The van der Waals surface area contributed by atoms with Crippen LogP contribution < -0.4 is 10.2 Å². The Bertz CT molecular complexity index is 1890. The molecule has 51 heavy (non-hydrogen) atoms. The number of phenols is 1. The average molecular weight is 733 g/mol. The summed E-state index contributed by atoms with van der Waals surface area (Å²) in [4.78, 5) is 35.5. The van der Waals surface area contributed by atoms with E-state index < -0.39 is 0 Å². The molecule has 0 saturated carbocycles. The highest BCUT2D eigenvalue weighted by atomic mass is 35.5. The number of rotatable bonds is 6. The molecule has 8 rings (SSSR count). The van der Waals surface area contributed by atoms with Crippen molar-refractivity contribution in [1.29, 1.82) is 0 Å². The van der Waals surface area contributed by atoms with Gasteiger partial charge in [0.25, 0.3) is 11.8 Å². The summed E-state index contributed by atoms with van der Waals surface area (Å²) in [6, 6.07) is 21.7. The lowest BCUT2D eigenvalue weighted by molar-refractivity contribution is 0.0193. The van der Waals surface area contributed by atoms with Gasteiger partial charge in [0, 0.05) is 80.6 Å². The number of hydrogen-bond acceptors (Lipinski definition) is 6. The van der Waals surface area contributed by atoms with Gasteiger partial charge in [-0.25, -0.2) is 0 Å². The fraction of sp³-hybridized carbons (Fsp3) is 0.400. The lowest BCUT2D eigenvalue weighted by atomic mass is 9.89. The Morgan fingerprint density at radius 3 is 2.43 bits per heavy atom. The van der Waals surface area contributed by atoms with E-state index in [9.17, 15) is 9.90 Å². The van der Waals surface area contributed by atoms with Crippen molar-refractivity contribution in [1.82, 2.24) is 19.7 Å². The zero-order chi connectivity index (χ0) is 33.5. The number of anilines is 1. The summed E-state index contributed by atoms with van der Waals surface area (Å²) in [6.45, 7) is 7.04. The Kier molecular flexibility index (Phi) is 11.4. The lowest BCUT2D eigenvalue weighted by Crippen LogP contribution is -2.52. The zero-order valence-electron chi connectivity index (χ0n) is 29.1. The molecule has 0 spiro atoms. The highest BCUT2D eigenvalue weighted by Gasteiger charge is 2.35. The van der Waals surface area contributed by atoms with Crippen LogP contribution in [0.2, 0.25) is 0 Å². The number of nitrogens with one attached hydrogen (secondary N) is 1. The first kappa shape index (κ1) is 36.9. The van der Waals surface area contributed by atoms with Gasteiger partial charge in [-0.3, -0.25) is 14.5 Å². The van der Waals surface area contributed by atoms with E-state index in [1.807, 2.05) is 6.07 Å². The van der Waals surface area contributed by atoms with Gasteiger partial charge in [0.05, 0.1) is 18.8 Å². The number of hydrogen-bond donors (Lipinski definition) is 2. The molecule has 0 aliphatic carbocycles. The number of ether oxygens (including phenoxy) is 1. The second-order valence-electron chi connectivity index (χ2n) is 13.9. The van der Waals surface area contributed by atoms with Crippen molar-refractivity contribution in [3.05, 3.63) is 106 Å². The standard InChI is InChI=1S/C40H45N5O4.2ClH/c1-42(31-9-11-33(46)12-10-31)39(47)36-23-38(44-15-5-4-8-37(36)44)34-21-28-13-14-41-24-30(28)22-35(34)40(48)45-25-29-7-3-2-6-27(29)20-32(45)26-43-16-18-49-19-17-43;;/h2-3,6-7,9-12,21-23,32,41,46H,4-5,8,13-20,24-26H2,1H3;2*1H/t32-;;/m0../s1. The third-order valence-corrected chi connectivity index (χ3v) is 10.9. The number of phenolic OH excluding ortho intramolecular Hbond substituents is 1. The Hall–Kier alpha value is -3.86. The molecule has 2 amide bonds. The largest absolute Gasteiger partial charge is 0.508 e. The predicted molar refractivity (Wildman–Crippen MR) is 205 cm³/mol. The topological polar surface area (TPSA) is 90.3 Å². The normalized spacial score (nSPS) is 18.4. The van der Waals surface area contributed by atoms with Crippen LogP contribution in [-0.4, -0.2) is 83.8 Å². The molecule has 0 unspecified atom stereocenters. The summed E-state index contributed by atoms with van der Waals surface area (Å²) in [7, 11) is 1.78. The predicted octanol–water partition coefficient (Wildman–Crippen LogP) is 5.86. The number of amides is 2. The molecule has 1 saturated heterocycles. The molecule has 1 aromatic heterocycles. The summed E-state index contributed by atoms with van der Waals surface area (Å²) < 4.78 is 7.95. The number of halogens is 2. The van der Waals surface area contributed by atoms with E-state index in [1.165, 1.54) is 22.3 Å². The number of aromatic nitrogens is 1. The second-order valence-corrected chi connectivity index (χ2v) is 13.9. The van der Waals surface area contributed by atoms with E-state index in [-0.39, 0.29) is 48.4 Å². The monoisotopic (exact) mass is 731 g/mol. The molecular weight excluding hydrogens is 685 g/mol. The first-order valence-corrected chi connectivity index (χ1v) is 17.8. The highest BCUT2D eigenvalue weighted by Crippen LogP contribution is 2.37. The number of fused-ring (bicyclic) bond motifs is 3. The van der Waals surface area contributed by atoms with Crippen LogP contribution in [-0.2, 0) is 43.6 Å². The maximum Gasteiger partial charge on any atom is 0.259 e. The molecule has 4 aliphatic rings. The van der Waals surface area contributed by atoms with Crippen LogP contribution in [0.15, 0.2) is 66.7 Å². The smallest absolute Gasteiger partial charge is 0.259 e. The van der Waals surface area contributed by atoms with Gasteiger partial charge in [-0.05, 0) is 103 Å². The molecule has 1 fully saturated rings. The summed E-state index contributed by atoms with van der Waals surface area (Å²) >= 11 is 0. The van der Waals surface area contributed by atoms with E-state index in [0.717, 1.165) is 102 Å². The van der Waals surface area contributed by atoms with Crippen LogP contribution in [0, 0.1) is 0 Å². The number of benzene rings is 3. The van der Waals surface area contributed by atoms with Crippen LogP contribution in [0.5, 0.6) is 5.75 Å². The zero-order valence-corrected chi connectivity index (χ0v) is 30.7. The van der Waals surface area contributed by atoms with Crippen molar-refractivity contribution in [3.63, 3.8) is 0 Å². The summed E-state index contributed by atoms with van der Waals surface area (Å²) in [5.74, 6) is 0.129. The quantitative estimate of drug-likeness (QED) is 0.258. The summed E-state index contributed by atoms with van der Waals surface area (Å²) in [6.07, 6.45) is 4.58. The van der Waals surface area contributed by atoms with Gasteiger partial charge in [-0.15, -0.1) is 24.8 Å². The molecule has 3 aromatic carbocycles. The number of aromatic hydroxyl groups is 1. The molecule has 9 nitrogen and oxygen atoms in total. The van der Waals surface area contributed by atoms with Crippen molar-refractivity contribution >= 4 is 42.3 Å². The Balaban J connectivity index is 0.00000224. The molecular formula is C40H47Cl2N5O4. The number of nitrogens with zero attached hydrogens (tertiary/aromatic N) is 4. The van der Waals surface area contributed by atoms with E-state index in [1.54, 1.807) is 36.2 Å². The van der Waals surface area contributed by atoms with Gasteiger partial charge in [0.15, 0.2) is 0 Å². The van der Waals surface area contributed by atoms with Crippen LogP contribution in [0.1, 0.15) is 61.5 Å². The maximum absolute atomic E-state index is 15.1. The molecule has 270 valence electrons. The fourth-order valence-corrected chi connectivity index (χ4v) is 8.21. The van der Waals surface area contributed by atoms with Gasteiger partial charge in [0.2, 0.25) is 0 Å². The van der Waals surface area contributed by atoms with Crippen molar-refractivity contribution in [2.45, 2.75) is 57.8 Å². The SMILES string of the molecule is CN(C(=O)c1cc(-c2cc3c(cc2C(=O)N2Cc4ccccc4C[C@H]2CN2CCOCC2)CNCC3)n2c1CCCC2)c1ccc(O)cc1.Cl.Cl. The van der Waals surface area contributed by atoms with Crippen LogP contribution in [0.3, 0.4) is 0 Å². The molecule has 11 heteroatoms. The minimum absolute atomic E-state index is 0. The molecule has 0 bridgehead atoms. The van der Waals surface area contributed by atoms with E-state index >= 15 is 4.79 Å². The van der Waals surface area contributed by atoms with Gasteiger partial charge < -0.3 is 29.5 Å². The minimum atomic E-state index is -0.0872. The molecule has 4 aromatic rings. The van der Waals surface area contributed by atoms with Gasteiger partial charge in [-0.1, -0.05) is 24.3 Å². The van der Waals surface area contributed by atoms with Gasteiger partial charge in [0.1, 0.15) is 5.75 Å². The van der Waals surface area contributed by atoms with Crippen molar-refractivity contribution in [2.24, 2.45) is 0 Å². The number of carbonyl (C=O) groups excluding carboxylic acids is 2. The van der Waals surface area contributed by atoms with E-state index in [0.29, 0.717) is 23.4 Å². The Labute approximate surface area is 312 Å². The molecule has 1 atom stereocenters. The van der Waals surface area contributed by atoms with Crippen LogP contribution >= 0.6 is 24.8 Å². The molecule has 4 aliphatic heterocycles. The van der Waals surface area contributed by atoms with Crippen molar-refractivity contribution < 1.29 is 19.4 Å². The summed E-state index contributed by atoms with van der Waals surface area (Å²) in [5.41, 5.74) is 9.98. The van der Waals surface area contributed by atoms with E-state index in [2.05, 4.69) is 56.1 Å². The Morgan fingerprint density at radius 2 is 1.65 bits per heavy atom. The highest BCUT2D eigenvalue weighted by molar-refractivity contribution is 6.08. The summed E-state index contributed by atoms with van der Waals surface area (Å²) in [5, 5.41) is 13.3.